The first-order valence-electron chi connectivity index (χ1n) is 6.20. The predicted octanol–water partition coefficient (Wildman–Crippen LogP) is 2.56. The van der Waals surface area contributed by atoms with Crippen LogP contribution >= 0.6 is 11.6 Å². The van der Waals surface area contributed by atoms with Crippen molar-refractivity contribution in [2.45, 2.75) is 43.5 Å². The molecule has 4 nitrogen and oxygen atoms in total. The van der Waals surface area contributed by atoms with E-state index >= 15 is 0 Å². The predicted molar refractivity (Wildman–Crippen MR) is 72.1 cm³/mol. The summed E-state index contributed by atoms with van der Waals surface area (Å²) in [6.07, 6.45) is 3.80. The zero-order chi connectivity index (χ0) is 13.3. The lowest BCUT2D eigenvalue weighted by Crippen LogP contribution is -2.38. The van der Waals surface area contributed by atoms with Gasteiger partial charge in [0.2, 0.25) is 10.0 Å². The molecule has 1 saturated carbocycles. The second kappa shape index (κ2) is 5.23. The van der Waals surface area contributed by atoms with Gasteiger partial charge in [-0.25, -0.2) is 8.42 Å². The van der Waals surface area contributed by atoms with Crippen LogP contribution in [0.2, 0.25) is 0 Å². The highest BCUT2D eigenvalue weighted by molar-refractivity contribution is 7.89. The van der Waals surface area contributed by atoms with E-state index in [2.05, 4.69) is 4.98 Å². The van der Waals surface area contributed by atoms with Gasteiger partial charge in [-0.15, -0.1) is 11.6 Å². The first-order valence-corrected chi connectivity index (χ1v) is 8.17. The zero-order valence-electron chi connectivity index (χ0n) is 10.7. The van der Waals surface area contributed by atoms with Crippen LogP contribution in [0.4, 0.5) is 0 Å². The molecule has 0 aromatic carbocycles. The van der Waals surface area contributed by atoms with E-state index < -0.39 is 10.0 Å². The van der Waals surface area contributed by atoms with Crippen molar-refractivity contribution in [2.24, 2.45) is 5.92 Å². The van der Waals surface area contributed by atoms with E-state index in [1.165, 1.54) is 6.20 Å². The van der Waals surface area contributed by atoms with Crippen molar-refractivity contribution in [3.63, 3.8) is 0 Å². The number of aromatic amines is 1. The minimum absolute atomic E-state index is 0.0232. The average Bonchev–Trinajstić information content (AvgIpc) is 2.99. The average molecular weight is 291 g/mol. The summed E-state index contributed by atoms with van der Waals surface area (Å²) in [4.78, 5) is 3.20. The van der Waals surface area contributed by atoms with Crippen molar-refractivity contribution in [2.75, 3.05) is 6.54 Å². The number of rotatable bonds is 6. The van der Waals surface area contributed by atoms with E-state index in [1.54, 1.807) is 10.4 Å². The van der Waals surface area contributed by atoms with Gasteiger partial charge in [0.05, 0.1) is 10.8 Å². The summed E-state index contributed by atoms with van der Waals surface area (Å²) >= 11 is 5.69. The topological polar surface area (TPSA) is 53.2 Å². The Morgan fingerprint density at radius 1 is 1.50 bits per heavy atom. The molecule has 0 bridgehead atoms. The van der Waals surface area contributed by atoms with E-state index in [0.717, 1.165) is 18.5 Å². The van der Waals surface area contributed by atoms with E-state index in [1.807, 2.05) is 13.8 Å². The first-order chi connectivity index (χ1) is 8.45. The van der Waals surface area contributed by atoms with E-state index in [9.17, 15) is 8.42 Å². The van der Waals surface area contributed by atoms with Gasteiger partial charge < -0.3 is 4.98 Å². The molecule has 1 N–H and O–H groups in total. The van der Waals surface area contributed by atoms with Crippen LogP contribution in [-0.2, 0) is 15.9 Å². The molecule has 1 heterocycles. The van der Waals surface area contributed by atoms with Crippen molar-refractivity contribution >= 4 is 21.6 Å². The molecule has 18 heavy (non-hydrogen) atoms. The Morgan fingerprint density at radius 2 is 2.17 bits per heavy atom. The van der Waals surface area contributed by atoms with Gasteiger partial charge in [-0.1, -0.05) is 0 Å². The maximum absolute atomic E-state index is 12.5. The number of nitrogens with zero attached hydrogens (tertiary/aromatic N) is 1. The molecule has 1 aliphatic rings. The lowest BCUT2D eigenvalue weighted by atomic mass is 10.3. The Bertz CT molecular complexity index is 506. The van der Waals surface area contributed by atoms with Crippen LogP contribution in [0.5, 0.6) is 0 Å². The molecule has 0 radical (unpaired) electrons. The minimum Gasteiger partial charge on any atom is -0.363 e. The van der Waals surface area contributed by atoms with Gasteiger partial charge >= 0.3 is 0 Å². The molecule has 0 atom stereocenters. The molecule has 0 aliphatic heterocycles. The van der Waals surface area contributed by atoms with Gasteiger partial charge in [0.15, 0.2) is 0 Å². The fourth-order valence-corrected chi connectivity index (χ4v) is 3.81. The normalized spacial score (nSPS) is 16.7. The standard InChI is InChI=1S/C12H19ClN2O2S/c1-9(2)15(8-10-3-4-10)18(16,17)12-5-11(6-13)14-7-12/h5,7,9-10,14H,3-4,6,8H2,1-2H3. The molecule has 0 spiro atoms. The Hall–Kier alpha value is -0.520. The number of halogens is 1. The Balaban J connectivity index is 2.25. The SMILES string of the molecule is CC(C)N(CC1CC1)S(=O)(=O)c1c[nH]c(CCl)c1. The second-order valence-electron chi connectivity index (χ2n) is 5.11. The van der Waals surface area contributed by atoms with E-state index in [-0.39, 0.29) is 6.04 Å². The van der Waals surface area contributed by atoms with Gasteiger partial charge in [0, 0.05) is 24.5 Å². The highest BCUT2D eigenvalue weighted by Gasteiger charge is 2.33. The smallest absolute Gasteiger partial charge is 0.244 e. The number of H-pyrrole nitrogens is 1. The van der Waals surface area contributed by atoms with E-state index in [0.29, 0.717) is 23.2 Å². The molecule has 1 aromatic heterocycles. The quantitative estimate of drug-likeness (QED) is 0.819. The van der Waals surface area contributed by atoms with Crippen LogP contribution < -0.4 is 0 Å². The van der Waals surface area contributed by atoms with Crippen molar-refractivity contribution < 1.29 is 8.42 Å². The summed E-state index contributed by atoms with van der Waals surface area (Å²) in [6.45, 7) is 4.45. The molecule has 102 valence electrons. The number of hydrogen-bond donors (Lipinski definition) is 1. The van der Waals surface area contributed by atoms with Gasteiger partial charge in [-0.2, -0.15) is 4.31 Å². The lowest BCUT2D eigenvalue weighted by molar-refractivity contribution is 0.342. The molecule has 0 unspecified atom stereocenters. The second-order valence-corrected chi connectivity index (χ2v) is 7.26. The maximum Gasteiger partial charge on any atom is 0.244 e. The number of nitrogens with one attached hydrogen (secondary N) is 1. The summed E-state index contributed by atoms with van der Waals surface area (Å²) in [5.41, 5.74) is 0.727. The summed E-state index contributed by atoms with van der Waals surface area (Å²) in [5, 5.41) is 0. The molecule has 1 fully saturated rings. The Kier molecular flexibility index (Phi) is 4.04. The third kappa shape index (κ3) is 2.90. The Labute approximate surface area is 113 Å². The van der Waals surface area contributed by atoms with Crippen molar-refractivity contribution in [3.8, 4) is 0 Å². The van der Waals surface area contributed by atoms with Gasteiger partial charge in [-0.05, 0) is 38.7 Å². The third-order valence-corrected chi connectivity index (χ3v) is 5.49. The van der Waals surface area contributed by atoms with Crippen molar-refractivity contribution in [1.82, 2.24) is 9.29 Å². The highest BCUT2D eigenvalue weighted by atomic mass is 35.5. The molecule has 0 saturated heterocycles. The molecular weight excluding hydrogens is 272 g/mol. The van der Waals surface area contributed by atoms with Crippen LogP contribution in [0.1, 0.15) is 32.4 Å². The summed E-state index contributed by atoms with van der Waals surface area (Å²) in [6, 6.07) is 1.59. The number of alkyl halides is 1. The number of aromatic nitrogens is 1. The van der Waals surface area contributed by atoms with Crippen LogP contribution in [0.15, 0.2) is 17.2 Å². The van der Waals surface area contributed by atoms with Crippen LogP contribution in [0.25, 0.3) is 0 Å². The van der Waals surface area contributed by atoms with Crippen LogP contribution in [0.3, 0.4) is 0 Å². The summed E-state index contributed by atoms with van der Waals surface area (Å²) in [5.74, 6) is 0.827. The molecule has 1 aromatic rings. The molecule has 1 aliphatic carbocycles. The first kappa shape index (κ1) is 13.9. The molecular formula is C12H19ClN2O2S. The summed E-state index contributed by atoms with van der Waals surface area (Å²) < 4.78 is 26.6. The minimum atomic E-state index is -3.40. The number of hydrogen-bond acceptors (Lipinski definition) is 2. The van der Waals surface area contributed by atoms with Crippen LogP contribution in [0, 0.1) is 5.92 Å². The largest absolute Gasteiger partial charge is 0.363 e. The zero-order valence-corrected chi connectivity index (χ0v) is 12.3. The molecule has 6 heteroatoms. The third-order valence-electron chi connectivity index (χ3n) is 3.18. The van der Waals surface area contributed by atoms with Crippen molar-refractivity contribution in [3.05, 3.63) is 18.0 Å². The molecule has 2 rings (SSSR count). The van der Waals surface area contributed by atoms with Gasteiger partial charge in [-0.3, -0.25) is 0 Å². The van der Waals surface area contributed by atoms with Crippen LogP contribution in [-0.4, -0.2) is 30.3 Å². The van der Waals surface area contributed by atoms with Gasteiger partial charge in [0.25, 0.3) is 0 Å². The maximum atomic E-state index is 12.5. The lowest BCUT2D eigenvalue weighted by Gasteiger charge is -2.25. The highest BCUT2D eigenvalue weighted by Crippen LogP contribution is 2.32. The number of sulfonamides is 1. The van der Waals surface area contributed by atoms with Crippen molar-refractivity contribution in [1.29, 1.82) is 0 Å². The van der Waals surface area contributed by atoms with Gasteiger partial charge in [0.1, 0.15) is 0 Å². The van der Waals surface area contributed by atoms with E-state index in [4.69, 9.17) is 11.6 Å². The monoisotopic (exact) mass is 290 g/mol. The fourth-order valence-electron chi connectivity index (χ4n) is 1.92. The molecule has 0 amide bonds. The Morgan fingerprint density at radius 3 is 2.61 bits per heavy atom. The fraction of sp³-hybridized carbons (Fsp3) is 0.667. The summed E-state index contributed by atoms with van der Waals surface area (Å²) in [7, 11) is -3.40.